The number of rotatable bonds is 13. The molecule has 1 unspecified atom stereocenters. The highest BCUT2D eigenvalue weighted by Gasteiger charge is 2.41. The number of nitrogens with zero attached hydrogens (tertiary/aromatic N) is 1. The van der Waals surface area contributed by atoms with Crippen LogP contribution in [0.2, 0.25) is 0 Å². The Labute approximate surface area is 160 Å². The van der Waals surface area contributed by atoms with Crippen LogP contribution >= 0.6 is 0 Å². The maximum atomic E-state index is 12.3. The number of carbonyl (C=O) groups excluding carboxylic acids is 1. The lowest BCUT2D eigenvalue weighted by molar-refractivity contribution is -0.279. The Morgan fingerprint density at radius 3 is 2.33 bits per heavy atom. The van der Waals surface area contributed by atoms with Gasteiger partial charge in [-0.05, 0) is 12.8 Å². The molecule has 1 rings (SSSR count). The van der Waals surface area contributed by atoms with Crippen LogP contribution < -0.4 is 0 Å². The van der Waals surface area contributed by atoms with Crippen LogP contribution in [0.25, 0.3) is 0 Å². The van der Waals surface area contributed by atoms with E-state index in [0.717, 1.165) is 30.6 Å². The van der Waals surface area contributed by atoms with Crippen molar-refractivity contribution in [2.24, 2.45) is 0 Å². The maximum Gasteiger partial charge on any atom is 0.254 e. The largest absolute Gasteiger partial charge is 0.395 e. The van der Waals surface area contributed by atoms with Crippen molar-refractivity contribution in [3.05, 3.63) is 0 Å². The van der Waals surface area contributed by atoms with Crippen molar-refractivity contribution in [2.75, 3.05) is 32.9 Å². The Bertz CT molecular complexity index is 405. The predicted octanol–water partition coefficient (Wildman–Crippen LogP) is -1.02. The normalized spacial score (nSPS) is 25.2. The summed E-state index contributed by atoms with van der Waals surface area (Å²) in [6.07, 6.45) is -0.497. The lowest BCUT2D eigenvalue weighted by atomic mass is 10.0. The molecule has 1 heterocycles. The summed E-state index contributed by atoms with van der Waals surface area (Å²) in [4.78, 5) is 13.3. The van der Waals surface area contributed by atoms with Crippen molar-refractivity contribution in [1.29, 1.82) is 0 Å². The summed E-state index contributed by atoms with van der Waals surface area (Å²) in [6.45, 7) is 1.23. The molecule has 1 aliphatic rings. The monoisotopic (exact) mass is 393 g/mol. The van der Waals surface area contributed by atoms with Crippen LogP contribution in [0.5, 0.6) is 0 Å². The lowest BCUT2D eigenvalue weighted by Crippen LogP contribution is -2.57. The highest BCUT2D eigenvalue weighted by atomic mass is 16.7. The Morgan fingerprint density at radius 1 is 1.11 bits per heavy atom. The summed E-state index contributed by atoms with van der Waals surface area (Å²) in [7, 11) is 0. The molecule has 0 aromatic heterocycles. The molecule has 0 saturated carbocycles. The Kier molecular flexibility index (Phi) is 12.0. The topological polar surface area (TPSA) is 140 Å². The number of aliphatic hydroxyl groups excluding tert-OH is 5. The van der Waals surface area contributed by atoms with E-state index in [2.05, 4.69) is 6.92 Å². The maximum absolute atomic E-state index is 12.3. The number of unbranched alkanes of at least 4 members (excludes halogenated alkanes) is 4. The van der Waals surface area contributed by atoms with Crippen LogP contribution in [0, 0.1) is 0 Å². The van der Waals surface area contributed by atoms with Crippen molar-refractivity contribution in [2.45, 2.75) is 76.2 Å². The number of hydrogen-bond donors (Lipinski definition) is 5. The van der Waals surface area contributed by atoms with Gasteiger partial charge in [-0.3, -0.25) is 4.79 Å². The molecule has 0 aliphatic carbocycles. The van der Waals surface area contributed by atoms with Crippen LogP contribution in [0.3, 0.4) is 0 Å². The molecular formula is C18H35NO8. The van der Waals surface area contributed by atoms with E-state index in [4.69, 9.17) is 19.7 Å². The summed E-state index contributed by atoms with van der Waals surface area (Å²) in [5.74, 6) is -0.844. The van der Waals surface area contributed by atoms with Gasteiger partial charge in [-0.1, -0.05) is 32.6 Å². The zero-order valence-electron chi connectivity index (χ0n) is 16.1. The van der Waals surface area contributed by atoms with E-state index in [0.29, 0.717) is 6.42 Å². The van der Waals surface area contributed by atoms with Gasteiger partial charge >= 0.3 is 0 Å². The third kappa shape index (κ3) is 7.98. The lowest BCUT2D eigenvalue weighted by Gasteiger charge is -2.38. The third-order valence-electron chi connectivity index (χ3n) is 4.65. The Hall–Kier alpha value is -0.810. The van der Waals surface area contributed by atoms with Crippen molar-refractivity contribution < 1.29 is 39.8 Å². The van der Waals surface area contributed by atoms with E-state index in [1.165, 1.54) is 6.42 Å². The average molecular weight is 393 g/mol. The fourth-order valence-corrected chi connectivity index (χ4v) is 3.07. The molecule has 1 fully saturated rings. The first kappa shape index (κ1) is 24.2. The first-order chi connectivity index (χ1) is 13.0. The van der Waals surface area contributed by atoms with Gasteiger partial charge in [0.25, 0.3) is 5.91 Å². The van der Waals surface area contributed by atoms with E-state index in [9.17, 15) is 20.1 Å². The average Bonchev–Trinajstić information content (AvgIpc) is 2.67. The van der Waals surface area contributed by atoms with Crippen LogP contribution in [0.4, 0.5) is 0 Å². The van der Waals surface area contributed by atoms with Gasteiger partial charge in [0.05, 0.1) is 19.8 Å². The van der Waals surface area contributed by atoms with Gasteiger partial charge in [0.2, 0.25) is 0 Å². The smallest absolute Gasteiger partial charge is 0.254 e. The van der Waals surface area contributed by atoms with Gasteiger partial charge in [0.1, 0.15) is 18.3 Å². The van der Waals surface area contributed by atoms with Gasteiger partial charge < -0.3 is 39.9 Å². The summed E-state index contributed by atoms with van der Waals surface area (Å²) >= 11 is 0. The molecule has 0 spiro atoms. The zero-order valence-corrected chi connectivity index (χ0v) is 16.1. The predicted molar refractivity (Wildman–Crippen MR) is 96.8 cm³/mol. The van der Waals surface area contributed by atoms with E-state index < -0.39 is 36.6 Å². The van der Waals surface area contributed by atoms with Crippen molar-refractivity contribution in [3.8, 4) is 0 Å². The first-order valence-electron chi connectivity index (χ1n) is 9.78. The van der Waals surface area contributed by atoms with Gasteiger partial charge in [-0.2, -0.15) is 0 Å². The van der Waals surface area contributed by atoms with Gasteiger partial charge in [-0.15, -0.1) is 0 Å². The highest BCUT2D eigenvalue weighted by Crippen LogP contribution is 2.22. The first-order valence-corrected chi connectivity index (χ1v) is 9.78. The van der Waals surface area contributed by atoms with E-state index in [1.807, 2.05) is 0 Å². The molecule has 5 atom stereocenters. The fourth-order valence-electron chi connectivity index (χ4n) is 3.07. The second-order valence-corrected chi connectivity index (χ2v) is 6.84. The molecule has 9 heteroatoms. The minimum absolute atomic E-state index is 0.0563. The summed E-state index contributed by atoms with van der Waals surface area (Å²) in [5, 5.41) is 48.6. The molecule has 160 valence electrons. The molecule has 0 radical (unpaired) electrons. The highest BCUT2D eigenvalue weighted by molar-refractivity contribution is 5.81. The number of aliphatic hydroxyl groups is 5. The summed E-state index contributed by atoms with van der Waals surface area (Å²) < 4.78 is 11.0. The second kappa shape index (κ2) is 13.4. The number of hydrogen-bond acceptors (Lipinski definition) is 8. The van der Waals surface area contributed by atoms with Crippen molar-refractivity contribution in [1.82, 2.24) is 4.90 Å². The second-order valence-electron chi connectivity index (χ2n) is 6.84. The van der Waals surface area contributed by atoms with Crippen LogP contribution in [-0.4, -0.2) is 100.0 Å². The standard InChI is InChI=1S/C18H35NO8/c1-2-3-4-5-6-7-14-26-12-13(22)17(27-14)15(23)16(24)18(25)19(8-10-20)9-11-21/h13-17,20-24H,2-12H2,1H3/t13-,14?,15-,16-,17-/m1/s1. The van der Waals surface area contributed by atoms with E-state index >= 15 is 0 Å². The van der Waals surface area contributed by atoms with Crippen molar-refractivity contribution >= 4 is 5.91 Å². The van der Waals surface area contributed by atoms with Crippen LogP contribution in [0.15, 0.2) is 0 Å². The Morgan fingerprint density at radius 2 is 1.74 bits per heavy atom. The molecule has 0 aromatic rings. The van der Waals surface area contributed by atoms with Gasteiger partial charge in [0.15, 0.2) is 12.4 Å². The van der Waals surface area contributed by atoms with E-state index in [-0.39, 0.29) is 32.9 Å². The minimum Gasteiger partial charge on any atom is -0.395 e. The van der Waals surface area contributed by atoms with Gasteiger partial charge in [0, 0.05) is 13.1 Å². The molecule has 0 bridgehead atoms. The molecule has 27 heavy (non-hydrogen) atoms. The van der Waals surface area contributed by atoms with Crippen molar-refractivity contribution in [3.63, 3.8) is 0 Å². The number of amides is 1. The molecule has 1 amide bonds. The zero-order chi connectivity index (χ0) is 20.2. The van der Waals surface area contributed by atoms with Crippen LogP contribution in [0.1, 0.15) is 45.4 Å². The molecular weight excluding hydrogens is 358 g/mol. The Balaban J connectivity index is 2.58. The summed E-state index contributed by atoms with van der Waals surface area (Å²) in [6, 6.07) is 0. The SMILES string of the molecule is CCCCCCCC1OC[C@@H](O)[C@H]([C@H](O)[C@@H](O)C(=O)N(CCO)CCO)O1. The molecule has 9 nitrogen and oxygen atoms in total. The summed E-state index contributed by atoms with van der Waals surface area (Å²) in [5.41, 5.74) is 0. The van der Waals surface area contributed by atoms with Gasteiger partial charge in [-0.25, -0.2) is 0 Å². The van der Waals surface area contributed by atoms with Crippen LogP contribution in [-0.2, 0) is 14.3 Å². The third-order valence-corrected chi connectivity index (χ3v) is 4.65. The quantitative estimate of drug-likeness (QED) is 0.251. The van der Waals surface area contributed by atoms with E-state index in [1.54, 1.807) is 0 Å². The fraction of sp³-hybridized carbons (Fsp3) is 0.944. The molecule has 1 saturated heterocycles. The molecule has 1 aliphatic heterocycles. The molecule has 0 aromatic carbocycles. The molecule has 5 N–H and O–H groups in total. The minimum atomic E-state index is -1.84. The number of ether oxygens (including phenoxy) is 2. The number of carbonyl (C=O) groups is 1.